The average molecular weight is 519 g/mol. The second-order valence-corrected chi connectivity index (χ2v) is 7.90. The molecule has 1 aliphatic heterocycles. The van der Waals surface area contributed by atoms with Crippen LogP contribution in [0.4, 0.5) is 28.8 Å². The fourth-order valence-corrected chi connectivity index (χ4v) is 3.74. The number of nitrogens with two attached hydrogens (primary N) is 1. The molecule has 3 heterocycles. The lowest BCUT2D eigenvalue weighted by Crippen LogP contribution is -2.37. The summed E-state index contributed by atoms with van der Waals surface area (Å²) in [6, 6.07) is 7.70. The first-order valence-corrected chi connectivity index (χ1v) is 11.8. The van der Waals surface area contributed by atoms with Crippen LogP contribution in [0.3, 0.4) is 0 Å². The zero-order valence-electron chi connectivity index (χ0n) is 20.6. The Balaban J connectivity index is 1.99. The monoisotopic (exact) mass is 518 g/mol. The molecule has 0 aliphatic carbocycles. The van der Waals surface area contributed by atoms with Gasteiger partial charge in [0.2, 0.25) is 5.95 Å². The molecule has 3 aromatic rings. The molecule has 0 saturated carbocycles. The number of nitro benzene ring substituents is 1. The van der Waals surface area contributed by atoms with Gasteiger partial charge < -0.3 is 25.4 Å². The van der Waals surface area contributed by atoms with Crippen molar-refractivity contribution in [1.82, 2.24) is 15.0 Å². The van der Waals surface area contributed by atoms with Gasteiger partial charge in [0.05, 0.1) is 41.7 Å². The minimum absolute atomic E-state index is 0.0367. The normalized spacial score (nSPS) is 13.7. The third kappa shape index (κ3) is 6.07. The maximum Gasteiger partial charge on any atom is 0.344 e. The first-order valence-electron chi connectivity index (χ1n) is 11.8. The third-order valence-corrected chi connectivity index (χ3v) is 5.47. The number of morpholine rings is 1. The molecule has 1 aromatic carbocycles. The van der Waals surface area contributed by atoms with Crippen LogP contribution >= 0.6 is 0 Å². The number of pyridine rings is 1. The summed E-state index contributed by atoms with van der Waals surface area (Å²) in [4.78, 5) is 44.3. The second kappa shape index (κ2) is 12.4. The van der Waals surface area contributed by atoms with Crippen LogP contribution in [0.15, 0.2) is 60.0 Å². The van der Waals surface area contributed by atoms with Crippen molar-refractivity contribution in [2.75, 3.05) is 43.1 Å². The predicted molar refractivity (Wildman–Crippen MR) is 142 cm³/mol. The van der Waals surface area contributed by atoms with Crippen LogP contribution in [0.1, 0.15) is 17.3 Å². The summed E-state index contributed by atoms with van der Waals surface area (Å²) in [6.45, 7) is 3.68. The lowest BCUT2D eigenvalue weighted by molar-refractivity contribution is -0.384. The Hall–Kier alpha value is -4.91. The Kier molecular flexibility index (Phi) is 8.51. The lowest BCUT2D eigenvalue weighted by atomic mass is 10.0. The number of hydrogen-bond acceptors (Lipinski definition) is 12. The molecule has 196 valence electrons. The van der Waals surface area contributed by atoms with E-state index >= 15 is 0 Å². The lowest BCUT2D eigenvalue weighted by Gasteiger charge is -2.28. The van der Waals surface area contributed by atoms with Gasteiger partial charge >= 0.3 is 5.97 Å². The standard InChI is InChI=1S/C25H26N8O5/c1-2-38-24(34)21-22(19-16-18(28-9-3-8-26)4-5-20(19)33(35)36)30-25(32-12-14-37-15-13-32)31-23(21)29-17-6-10-27-11-7-17/h3-11,16H,2,12-15,26H2,1H3,(H,27,29,30,31)/b8-3-,28-9?. The van der Waals surface area contributed by atoms with Crippen LogP contribution in [0.5, 0.6) is 0 Å². The van der Waals surface area contributed by atoms with Gasteiger partial charge in [-0.1, -0.05) is 0 Å². The molecule has 3 N–H and O–H groups in total. The Morgan fingerprint density at radius 1 is 1.26 bits per heavy atom. The highest BCUT2D eigenvalue weighted by molar-refractivity contribution is 6.03. The number of hydrogen-bond donors (Lipinski definition) is 2. The van der Waals surface area contributed by atoms with E-state index in [9.17, 15) is 14.9 Å². The molecule has 0 bridgehead atoms. The number of nitrogens with zero attached hydrogens (tertiary/aromatic N) is 6. The molecule has 1 aliphatic rings. The highest BCUT2D eigenvalue weighted by atomic mass is 16.6. The zero-order valence-corrected chi connectivity index (χ0v) is 20.6. The van der Waals surface area contributed by atoms with Crippen molar-refractivity contribution < 1.29 is 19.2 Å². The number of rotatable bonds is 9. The maximum atomic E-state index is 13.3. The number of aliphatic imine (C=N–C) groups is 1. The third-order valence-electron chi connectivity index (χ3n) is 5.47. The number of ether oxygens (including phenoxy) is 2. The minimum atomic E-state index is -0.734. The molecule has 1 saturated heterocycles. The number of aromatic nitrogens is 3. The van der Waals surface area contributed by atoms with Crippen LogP contribution in [0.2, 0.25) is 0 Å². The van der Waals surface area contributed by atoms with Gasteiger partial charge in [-0.05, 0) is 43.5 Å². The summed E-state index contributed by atoms with van der Waals surface area (Å²) < 4.78 is 10.8. The Bertz CT molecular complexity index is 1360. The van der Waals surface area contributed by atoms with Crippen LogP contribution < -0.4 is 16.0 Å². The molecule has 4 rings (SSSR count). The molecule has 0 spiro atoms. The van der Waals surface area contributed by atoms with Crippen molar-refractivity contribution >= 4 is 41.0 Å². The van der Waals surface area contributed by atoms with Crippen molar-refractivity contribution in [3.8, 4) is 11.3 Å². The molecule has 0 radical (unpaired) electrons. The van der Waals surface area contributed by atoms with E-state index in [2.05, 4.69) is 25.3 Å². The van der Waals surface area contributed by atoms with Crippen molar-refractivity contribution in [1.29, 1.82) is 0 Å². The van der Waals surface area contributed by atoms with Gasteiger partial charge in [0.25, 0.3) is 5.69 Å². The topological polar surface area (TPSA) is 171 Å². The summed E-state index contributed by atoms with van der Waals surface area (Å²) in [5.41, 5.74) is 6.18. The summed E-state index contributed by atoms with van der Waals surface area (Å²) in [7, 11) is 0. The van der Waals surface area contributed by atoms with E-state index in [1.807, 2.05) is 4.90 Å². The Morgan fingerprint density at radius 3 is 2.71 bits per heavy atom. The van der Waals surface area contributed by atoms with E-state index in [0.29, 0.717) is 37.7 Å². The van der Waals surface area contributed by atoms with Gasteiger partial charge in [-0.3, -0.25) is 20.1 Å². The fraction of sp³-hybridized carbons (Fsp3) is 0.240. The summed E-state index contributed by atoms with van der Waals surface area (Å²) in [5, 5.41) is 15.2. The molecule has 13 heteroatoms. The molecule has 0 amide bonds. The number of carbonyl (C=O) groups is 1. The largest absolute Gasteiger partial charge is 0.462 e. The summed E-state index contributed by atoms with van der Waals surface area (Å²) in [6.07, 6.45) is 7.44. The molecule has 1 fully saturated rings. The number of esters is 1. The number of carbonyl (C=O) groups excluding carboxylic acids is 1. The highest BCUT2D eigenvalue weighted by Crippen LogP contribution is 2.38. The maximum absolute atomic E-state index is 13.3. The molecule has 0 atom stereocenters. The summed E-state index contributed by atoms with van der Waals surface area (Å²) >= 11 is 0. The molecule has 38 heavy (non-hydrogen) atoms. The van der Waals surface area contributed by atoms with E-state index in [0.717, 1.165) is 0 Å². The first kappa shape index (κ1) is 26.2. The van der Waals surface area contributed by atoms with Gasteiger partial charge in [-0.15, -0.1) is 0 Å². The van der Waals surface area contributed by atoms with E-state index in [-0.39, 0.29) is 40.9 Å². The quantitative estimate of drug-likeness (QED) is 0.184. The average Bonchev–Trinajstić information content (AvgIpc) is 2.94. The van der Waals surface area contributed by atoms with Crippen LogP contribution in [-0.4, -0.2) is 65.0 Å². The minimum Gasteiger partial charge on any atom is -0.462 e. The van der Waals surface area contributed by atoms with E-state index in [1.165, 1.54) is 36.7 Å². The molecule has 0 unspecified atom stereocenters. The van der Waals surface area contributed by atoms with Gasteiger partial charge in [-0.2, -0.15) is 4.98 Å². The zero-order chi connectivity index (χ0) is 26.9. The highest BCUT2D eigenvalue weighted by Gasteiger charge is 2.30. The van der Waals surface area contributed by atoms with Gasteiger partial charge in [0.1, 0.15) is 5.56 Å². The van der Waals surface area contributed by atoms with Gasteiger partial charge in [0.15, 0.2) is 5.82 Å². The van der Waals surface area contributed by atoms with E-state index < -0.39 is 10.9 Å². The first-order chi connectivity index (χ1) is 18.5. The van der Waals surface area contributed by atoms with Gasteiger partial charge in [0, 0.05) is 43.5 Å². The van der Waals surface area contributed by atoms with Crippen molar-refractivity contribution in [3.05, 3.63) is 70.7 Å². The predicted octanol–water partition coefficient (Wildman–Crippen LogP) is 3.38. The van der Waals surface area contributed by atoms with Crippen molar-refractivity contribution in [2.45, 2.75) is 6.92 Å². The van der Waals surface area contributed by atoms with E-state index in [4.69, 9.17) is 15.2 Å². The SMILES string of the molecule is CCOC(=O)c1c(Nc2ccncc2)nc(N2CCOCC2)nc1-c1cc(N=C/C=C\N)ccc1[N+](=O)[O-]. The summed E-state index contributed by atoms with van der Waals surface area (Å²) in [5.74, 6) is -0.320. The smallest absolute Gasteiger partial charge is 0.344 e. The molecular weight excluding hydrogens is 492 g/mol. The molecular formula is C25H26N8O5. The van der Waals surface area contributed by atoms with Crippen molar-refractivity contribution in [3.63, 3.8) is 0 Å². The fourth-order valence-electron chi connectivity index (χ4n) is 3.74. The van der Waals surface area contributed by atoms with Crippen molar-refractivity contribution in [2.24, 2.45) is 10.7 Å². The second-order valence-electron chi connectivity index (χ2n) is 7.90. The Labute approximate surface area is 218 Å². The van der Waals surface area contributed by atoms with Gasteiger partial charge in [-0.25, -0.2) is 9.78 Å². The number of allylic oxidation sites excluding steroid dienone is 1. The van der Waals surface area contributed by atoms with Crippen LogP contribution in [0, 0.1) is 10.1 Å². The Morgan fingerprint density at radius 2 is 2.03 bits per heavy atom. The number of nitro groups is 1. The number of benzene rings is 1. The molecule has 13 nitrogen and oxygen atoms in total. The number of nitrogens with one attached hydrogen (secondary N) is 1. The van der Waals surface area contributed by atoms with E-state index in [1.54, 1.807) is 31.5 Å². The van der Waals surface area contributed by atoms with Crippen LogP contribution in [0.25, 0.3) is 11.3 Å². The number of anilines is 3. The van der Waals surface area contributed by atoms with Crippen LogP contribution in [-0.2, 0) is 9.47 Å². The molecule has 2 aromatic heterocycles.